The Labute approximate surface area is 120 Å². The SMILES string of the molecule is COCCn1nc(C(=O)N(C)Cc2ncn[nH]2)ccc1=O. The number of hydrogen-bond donors (Lipinski definition) is 1. The second-order valence-corrected chi connectivity index (χ2v) is 4.37. The number of nitrogens with zero attached hydrogens (tertiary/aromatic N) is 5. The van der Waals surface area contributed by atoms with Gasteiger partial charge in [-0.2, -0.15) is 10.2 Å². The minimum absolute atomic E-state index is 0.188. The van der Waals surface area contributed by atoms with Gasteiger partial charge in [0.15, 0.2) is 0 Å². The Bertz CT molecular complexity index is 651. The van der Waals surface area contributed by atoms with Crippen molar-refractivity contribution >= 4 is 5.91 Å². The van der Waals surface area contributed by atoms with E-state index in [2.05, 4.69) is 20.3 Å². The molecule has 0 aliphatic rings. The molecule has 0 aliphatic carbocycles. The number of methoxy groups -OCH3 is 1. The van der Waals surface area contributed by atoms with Crippen molar-refractivity contribution in [2.75, 3.05) is 20.8 Å². The Morgan fingerprint density at radius 1 is 1.48 bits per heavy atom. The molecule has 0 fully saturated rings. The van der Waals surface area contributed by atoms with E-state index >= 15 is 0 Å². The van der Waals surface area contributed by atoms with Gasteiger partial charge in [-0.1, -0.05) is 0 Å². The number of carbonyl (C=O) groups is 1. The van der Waals surface area contributed by atoms with Gasteiger partial charge in [0.25, 0.3) is 11.5 Å². The number of rotatable bonds is 6. The molecule has 0 spiro atoms. The van der Waals surface area contributed by atoms with Crippen molar-refractivity contribution in [3.8, 4) is 0 Å². The van der Waals surface area contributed by atoms with Crippen LogP contribution < -0.4 is 5.56 Å². The quantitative estimate of drug-likeness (QED) is 0.753. The molecule has 112 valence electrons. The molecule has 0 bridgehead atoms. The van der Waals surface area contributed by atoms with Crippen molar-refractivity contribution in [3.63, 3.8) is 0 Å². The number of ether oxygens (including phenoxy) is 1. The van der Waals surface area contributed by atoms with Crippen LogP contribution in [0, 0.1) is 0 Å². The molecule has 0 saturated heterocycles. The lowest BCUT2D eigenvalue weighted by atomic mass is 10.3. The van der Waals surface area contributed by atoms with Crippen LogP contribution in [0.15, 0.2) is 23.3 Å². The predicted octanol–water partition coefficient (Wildman–Crippen LogP) is -0.720. The molecule has 1 amide bonds. The summed E-state index contributed by atoms with van der Waals surface area (Å²) in [6, 6.07) is 2.73. The van der Waals surface area contributed by atoms with Crippen molar-refractivity contribution < 1.29 is 9.53 Å². The van der Waals surface area contributed by atoms with E-state index in [1.54, 1.807) is 7.05 Å². The molecule has 9 heteroatoms. The van der Waals surface area contributed by atoms with Crippen LogP contribution in [0.2, 0.25) is 0 Å². The normalized spacial score (nSPS) is 10.6. The number of amides is 1. The smallest absolute Gasteiger partial charge is 0.274 e. The van der Waals surface area contributed by atoms with Crippen LogP contribution in [0.25, 0.3) is 0 Å². The Balaban J connectivity index is 2.12. The summed E-state index contributed by atoms with van der Waals surface area (Å²) in [6.45, 7) is 0.915. The number of carbonyl (C=O) groups excluding carboxylic acids is 1. The number of H-pyrrole nitrogens is 1. The van der Waals surface area contributed by atoms with Gasteiger partial charge in [-0.3, -0.25) is 14.7 Å². The minimum Gasteiger partial charge on any atom is -0.383 e. The van der Waals surface area contributed by atoms with Crippen molar-refractivity contribution in [1.82, 2.24) is 29.9 Å². The van der Waals surface area contributed by atoms with Crippen LogP contribution >= 0.6 is 0 Å². The maximum atomic E-state index is 12.3. The molecule has 0 unspecified atom stereocenters. The molecule has 0 aromatic carbocycles. The molecular formula is C12H16N6O3. The Kier molecular flexibility index (Phi) is 4.77. The van der Waals surface area contributed by atoms with Crippen LogP contribution in [-0.4, -0.2) is 56.5 Å². The first-order chi connectivity index (χ1) is 10.1. The van der Waals surface area contributed by atoms with E-state index < -0.39 is 0 Å². The minimum atomic E-state index is -0.308. The predicted molar refractivity (Wildman–Crippen MR) is 72.6 cm³/mol. The van der Waals surface area contributed by atoms with Crippen LogP contribution in [-0.2, 0) is 17.8 Å². The number of nitrogens with one attached hydrogen (secondary N) is 1. The molecule has 2 aromatic rings. The highest BCUT2D eigenvalue weighted by Gasteiger charge is 2.15. The molecule has 2 heterocycles. The highest BCUT2D eigenvalue weighted by molar-refractivity contribution is 5.91. The van der Waals surface area contributed by atoms with Crippen LogP contribution in [0.4, 0.5) is 0 Å². The van der Waals surface area contributed by atoms with Crippen molar-refractivity contribution in [3.05, 3.63) is 40.3 Å². The molecule has 0 saturated carbocycles. The summed E-state index contributed by atoms with van der Waals surface area (Å²) in [5, 5.41) is 10.4. The monoisotopic (exact) mass is 292 g/mol. The van der Waals surface area contributed by atoms with Gasteiger partial charge in [0, 0.05) is 20.2 Å². The van der Waals surface area contributed by atoms with E-state index in [1.807, 2.05) is 0 Å². The number of hydrogen-bond acceptors (Lipinski definition) is 6. The summed E-state index contributed by atoms with van der Waals surface area (Å²) in [5.41, 5.74) is -0.0887. The van der Waals surface area contributed by atoms with Crippen molar-refractivity contribution in [2.24, 2.45) is 0 Å². The zero-order chi connectivity index (χ0) is 15.2. The first kappa shape index (κ1) is 14.9. The van der Waals surface area contributed by atoms with Gasteiger partial charge in [-0.15, -0.1) is 0 Å². The molecule has 0 radical (unpaired) electrons. The largest absolute Gasteiger partial charge is 0.383 e. The van der Waals surface area contributed by atoms with Gasteiger partial charge < -0.3 is 9.64 Å². The highest BCUT2D eigenvalue weighted by atomic mass is 16.5. The van der Waals surface area contributed by atoms with E-state index in [0.717, 1.165) is 0 Å². The van der Waals surface area contributed by atoms with Crippen molar-refractivity contribution in [1.29, 1.82) is 0 Å². The van der Waals surface area contributed by atoms with E-state index in [4.69, 9.17) is 4.74 Å². The molecule has 1 N–H and O–H groups in total. The van der Waals surface area contributed by atoms with Gasteiger partial charge >= 0.3 is 0 Å². The fourth-order valence-corrected chi connectivity index (χ4v) is 1.70. The lowest BCUT2D eigenvalue weighted by Gasteiger charge is -2.15. The molecule has 2 rings (SSSR count). The Morgan fingerprint density at radius 2 is 2.29 bits per heavy atom. The summed E-state index contributed by atoms with van der Waals surface area (Å²) in [7, 11) is 3.16. The first-order valence-electron chi connectivity index (χ1n) is 6.28. The molecule has 2 aromatic heterocycles. The summed E-state index contributed by atoms with van der Waals surface area (Å²) in [5.74, 6) is 0.260. The lowest BCUT2D eigenvalue weighted by molar-refractivity contribution is 0.0772. The lowest BCUT2D eigenvalue weighted by Crippen LogP contribution is -2.31. The average molecular weight is 292 g/mol. The zero-order valence-electron chi connectivity index (χ0n) is 11.8. The second kappa shape index (κ2) is 6.75. The summed E-state index contributed by atoms with van der Waals surface area (Å²) >= 11 is 0. The molecule has 0 atom stereocenters. The molecular weight excluding hydrogens is 276 g/mol. The highest BCUT2D eigenvalue weighted by Crippen LogP contribution is 2.01. The molecule has 9 nitrogen and oxygen atoms in total. The maximum absolute atomic E-state index is 12.3. The third-order valence-electron chi connectivity index (χ3n) is 2.79. The van der Waals surface area contributed by atoms with Gasteiger partial charge in [0.05, 0.1) is 19.7 Å². The summed E-state index contributed by atoms with van der Waals surface area (Å²) in [6.07, 6.45) is 1.37. The Hall–Kier alpha value is -2.55. The van der Waals surface area contributed by atoms with E-state index in [-0.39, 0.29) is 23.7 Å². The van der Waals surface area contributed by atoms with Crippen LogP contribution in [0.3, 0.4) is 0 Å². The maximum Gasteiger partial charge on any atom is 0.274 e. The van der Waals surface area contributed by atoms with Crippen LogP contribution in [0.1, 0.15) is 16.3 Å². The first-order valence-corrected chi connectivity index (χ1v) is 6.28. The average Bonchev–Trinajstić information content (AvgIpc) is 2.98. The third kappa shape index (κ3) is 3.72. The van der Waals surface area contributed by atoms with Gasteiger partial charge in [-0.05, 0) is 6.07 Å². The topological polar surface area (TPSA) is 106 Å². The third-order valence-corrected chi connectivity index (χ3v) is 2.79. The molecule has 21 heavy (non-hydrogen) atoms. The van der Waals surface area contributed by atoms with E-state index in [1.165, 1.54) is 35.2 Å². The fourth-order valence-electron chi connectivity index (χ4n) is 1.70. The number of aromatic amines is 1. The van der Waals surface area contributed by atoms with E-state index in [0.29, 0.717) is 19.0 Å². The summed E-state index contributed by atoms with van der Waals surface area (Å²) in [4.78, 5) is 29.3. The Morgan fingerprint density at radius 3 is 2.95 bits per heavy atom. The number of aromatic nitrogens is 5. The zero-order valence-corrected chi connectivity index (χ0v) is 11.8. The van der Waals surface area contributed by atoms with Gasteiger partial charge in [0.1, 0.15) is 17.8 Å². The van der Waals surface area contributed by atoms with Gasteiger partial charge in [-0.25, -0.2) is 9.67 Å². The second-order valence-electron chi connectivity index (χ2n) is 4.37. The van der Waals surface area contributed by atoms with Crippen LogP contribution in [0.5, 0.6) is 0 Å². The summed E-state index contributed by atoms with van der Waals surface area (Å²) < 4.78 is 6.11. The molecule has 0 aliphatic heterocycles. The standard InChI is InChI=1S/C12H16N6O3/c1-17(7-10-13-8-14-15-10)12(20)9-3-4-11(19)18(16-9)5-6-21-2/h3-4,8H,5-7H2,1-2H3,(H,13,14,15). The fraction of sp³-hybridized carbons (Fsp3) is 0.417. The van der Waals surface area contributed by atoms with Gasteiger partial charge in [0.2, 0.25) is 0 Å². The van der Waals surface area contributed by atoms with Crippen molar-refractivity contribution in [2.45, 2.75) is 13.1 Å². The van der Waals surface area contributed by atoms with E-state index in [9.17, 15) is 9.59 Å².